The van der Waals surface area contributed by atoms with Gasteiger partial charge in [0, 0.05) is 33.9 Å². The molecule has 0 atom stereocenters. The first kappa shape index (κ1) is 18.3. The van der Waals surface area contributed by atoms with Gasteiger partial charge in [-0.05, 0) is 36.4 Å². The fourth-order valence-corrected chi connectivity index (χ4v) is 3.41. The molecular formula is C20H14ClN3O3S. The number of halogens is 1. The molecule has 3 aromatic heterocycles. The van der Waals surface area contributed by atoms with Crippen molar-refractivity contribution in [1.82, 2.24) is 15.0 Å². The Morgan fingerprint density at radius 1 is 1.14 bits per heavy atom. The Bertz CT molecular complexity index is 1080. The number of ether oxygens (including phenoxy) is 1. The highest BCUT2D eigenvalue weighted by Crippen LogP contribution is 2.24. The van der Waals surface area contributed by atoms with Crippen LogP contribution in [-0.2, 0) is 22.6 Å². The van der Waals surface area contributed by atoms with E-state index in [1.54, 1.807) is 30.7 Å². The molecule has 0 saturated carbocycles. The molecule has 0 amide bonds. The fourth-order valence-electron chi connectivity index (χ4n) is 2.48. The standard InChI is InChI=1S/C20H14ClN3O3S/c21-15-5-3-13(4-6-15)17-10-23-18(27-17)11-26-19(25)8-16-12-28-20(24-16)14-2-1-7-22-9-14/h1-7,9-10,12H,8,11H2. The average molecular weight is 412 g/mol. The molecule has 0 fully saturated rings. The van der Waals surface area contributed by atoms with Crippen LogP contribution in [0.3, 0.4) is 0 Å². The van der Waals surface area contributed by atoms with Gasteiger partial charge in [0.15, 0.2) is 12.4 Å². The molecule has 0 saturated heterocycles. The molecule has 1 aromatic carbocycles. The van der Waals surface area contributed by atoms with E-state index in [9.17, 15) is 4.79 Å². The number of benzene rings is 1. The number of pyridine rings is 1. The maximum Gasteiger partial charge on any atom is 0.312 e. The normalized spacial score (nSPS) is 10.8. The van der Waals surface area contributed by atoms with Gasteiger partial charge in [-0.15, -0.1) is 11.3 Å². The number of rotatable bonds is 6. The molecule has 0 N–H and O–H groups in total. The summed E-state index contributed by atoms with van der Waals surface area (Å²) < 4.78 is 10.9. The van der Waals surface area contributed by atoms with Crippen molar-refractivity contribution in [3.63, 3.8) is 0 Å². The van der Waals surface area contributed by atoms with Crippen molar-refractivity contribution in [1.29, 1.82) is 0 Å². The van der Waals surface area contributed by atoms with Gasteiger partial charge in [0.2, 0.25) is 5.89 Å². The maximum absolute atomic E-state index is 12.1. The van der Waals surface area contributed by atoms with Crippen LogP contribution in [0.5, 0.6) is 0 Å². The predicted molar refractivity (Wildman–Crippen MR) is 106 cm³/mol. The van der Waals surface area contributed by atoms with Gasteiger partial charge < -0.3 is 9.15 Å². The van der Waals surface area contributed by atoms with Crippen molar-refractivity contribution in [3.05, 3.63) is 77.0 Å². The molecule has 4 rings (SSSR count). The Labute approximate surface area is 169 Å². The second-order valence-corrected chi connectivity index (χ2v) is 7.14. The average Bonchev–Trinajstić information content (AvgIpc) is 3.37. The highest BCUT2D eigenvalue weighted by atomic mass is 35.5. The van der Waals surface area contributed by atoms with Gasteiger partial charge in [-0.3, -0.25) is 9.78 Å². The first-order valence-corrected chi connectivity index (χ1v) is 9.64. The van der Waals surface area contributed by atoms with E-state index in [1.165, 1.54) is 11.3 Å². The van der Waals surface area contributed by atoms with Crippen LogP contribution in [0.15, 0.2) is 64.8 Å². The van der Waals surface area contributed by atoms with Gasteiger partial charge >= 0.3 is 5.97 Å². The number of thiazole rings is 1. The number of oxazole rings is 1. The molecule has 8 heteroatoms. The molecule has 0 radical (unpaired) electrons. The van der Waals surface area contributed by atoms with Crippen LogP contribution in [-0.4, -0.2) is 20.9 Å². The zero-order valence-electron chi connectivity index (χ0n) is 14.5. The van der Waals surface area contributed by atoms with Crippen LogP contribution in [0.2, 0.25) is 5.02 Å². The topological polar surface area (TPSA) is 78.1 Å². The molecule has 3 heterocycles. The fraction of sp³-hybridized carbons (Fsp3) is 0.100. The quantitative estimate of drug-likeness (QED) is 0.424. The highest BCUT2D eigenvalue weighted by Gasteiger charge is 2.13. The smallest absolute Gasteiger partial charge is 0.312 e. The summed E-state index contributed by atoms with van der Waals surface area (Å²) in [6.45, 7) is -0.0357. The van der Waals surface area contributed by atoms with Crippen LogP contribution in [0, 0.1) is 0 Å². The minimum atomic E-state index is -0.394. The molecule has 0 aliphatic heterocycles. The van der Waals surface area contributed by atoms with Crippen molar-refractivity contribution in [3.8, 4) is 21.9 Å². The van der Waals surface area contributed by atoms with Crippen LogP contribution in [0.25, 0.3) is 21.9 Å². The zero-order chi connectivity index (χ0) is 19.3. The zero-order valence-corrected chi connectivity index (χ0v) is 16.1. The van der Waals surface area contributed by atoms with E-state index < -0.39 is 5.97 Å². The molecule has 0 unspecified atom stereocenters. The lowest BCUT2D eigenvalue weighted by Gasteiger charge is -2.01. The van der Waals surface area contributed by atoms with Gasteiger partial charge in [-0.1, -0.05) is 11.6 Å². The van der Waals surface area contributed by atoms with Gasteiger partial charge in [0.1, 0.15) is 5.01 Å². The lowest BCUT2D eigenvalue weighted by molar-refractivity contribution is -0.144. The predicted octanol–water partition coefficient (Wildman–Crippen LogP) is 4.80. The summed E-state index contributed by atoms with van der Waals surface area (Å²) >= 11 is 7.34. The first-order chi connectivity index (χ1) is 13.7. The lowest BCUT2D eigenvalue weighted by atomic mass is 10.2. The molecule has 6 nitrogen and oxygen atoms in total. The Hall–Kier alpha value is -3.03. The number of nitrogens with zero attached hydrogens (tertiary/aromatic N) is 3. The number of carbonyl (C=O) groups excluding carboxylic acids is 1. The number of esters is 1. The molecule has 28 heavy (non-hydrogen) atoms. The molecule has 0 spiro atoms. The van der Waals surface area contributed by atoms with Crippen LogP contribution in [0.4, 0.5) is 0 Å². The van der Waals surface area contributed by atoms with E-state index >= 15 is 0 Å². The molecule has 4 aromatic rings. The lowest BCUT2D eigenvalue weighted by Crippen LogP contribution is -2.08. The monoisotopic (exact) mass is 411 g/mol. The van der Waals surface area contributed by atoms with Gasteiger partial charge in [0.05, 0.1) is 18.3 Å². The summed E-state index contributed by atoms with van der Waals surface area (Å²) in [6, 6.07) is 11.0. The third kappa shape index (κ3) is 4.44. The maximum atomic E-state index is 12.1. The van der Waals surface area contributed by atoms with E-state index in [-0.39, 0.29) is 13.0 Å². The minimum Gasteiger partial charge on any atom is -0.455 e. The van der Waals surface area contributed by atoms with Crippen molar-refractivity contribution in [2.24, 2.45) is 0 Å². The second-order valence-electron chi connectivity index (χ2n) is 5.85. The van der Waals surface area contributed by atoms with Gasteiger partial charge in [0.25, 0.3) is 0 Å². The summed E-state index contributed by atoms with van der Waals surface area (Å²) in [7, 11) is 0. The van der Waals surface area contributed by atoms with Crippen LogP contribution < -0.4 is 0 Å². The van der Waals surface area contributed by atoms with Crippen molar-refractivity contribution < 1.29 is 13.9 Å². The summed E-state index contributed by atoms with van der Waals surface area (Å²) in [6.07, 6.45) is 5.12. The first-order valence-electron chi connectivity index (χ1n) is 8.38. The summed E-state index contributed by atoms with van der Waals surface area (Å²) in [5, 5.41) is 3.30. The molecule has 0 bridgehead atoms. The Morgan fingerprint density at radius 3 is 2.79 bits per heavy atom. The van der Waals surface area contributed by atoms with E-state index in [1.807, 2.05) is 29.6 Å². The van der Waals surface area contributed by atoms with Gasteiger partial charge in [-0.25, -0.2) is 9.97 Å². The summed E-state index contributed by atoms with van der Waals surface area (Å²) in [5.74, 6) is 0.519. The Balaban J connectivity index is 1.33. The number of hydrogen-bond acceptors (Lipinski definition) is 7. The number of aromatic nitrogens is 3. The third-order valence-electron chi connectivity index (χ3n) is 3.82. The molecular weight excluding hydrogens is 398 g/mol. The third-order valence-corrected chi connectivity index (χ3v) is 5.02. The van der Waals surface area contributed by atoms with Crippen LogP contribution >= 0.6 is 22.9 Å². The SMILES string of the molecule is O=C(Cc1csc(-c2cccnc2)n1)OCc1ncc(-c2ccc(Cl)cc2)o1. The van der Waals surface area contributed by atoms with E-state index in [4.69, 9.17) is 20.8 Å². The largest absolute Gasteiger partial charge is 0.455 e. The Kier molecular flexibility index (Phi) is 5.45. The number of hydrogen-bond donors (Lipinski definition) is 0. The number of carbonyl (C=O) groups is 1. The minimum absolute atomic E-state index is 0.0357. The van der Waals surface area contributed by atoms with Crippen molar-refractivity contribution in [2.75, 3.05) is 0 Å². The van der Waals surface area contributed by atoms with E-state index in [2.05, 4.69) is 15.0 Å². The molecule has 0 aliphatic rings. The second kappa shape index (κ2) is 8.33. The highest BCUT2D eigenvalue weighted by molar-refractivity contribution is 7.13. The van der Waals surface area contributed by atoms with Crippen molar-refractivity contribution >= 4 is 28.9 Å². The Morgan fingerprint density at radius 2 is 2.00 bits per heavy atom. The molecule has 0 aliphatic carbocycles. The van der Waals surface area contributed by atoms with Gasteiger partial charge in [-0.2, -0.15) is 0 Å². The van der Waals surface area contributed by atoms with E-state index in [0.29, 0.717) is 22.4 Å². The van der Waals surface area contributed by atoms with Crippen molar-refractivity contribution in [2.45, 2.75) is 13.0 Å². The molecule has 140 valence electrons. The van der Waals surface area contributed by atoms with Crippen LogP contribution in [0.1, 0.15) is 11.6 Å². The van der Waals surface area contributed by atoms with E-state index in [0.717, 1.165) is 16.1 Å². The summed E-state index contributed by atoms with van der Waals surface area (Å²) in [5.41, 5.74) is 2.42. The summed E-state index contributed by atoms with van der Waals surface area (Å²) in [4.78, 5) is 24.8.